The Balaban J connectivity index is 0.00000158. The number of nitrogens with zero attached hydrogens (tertiary/aromatic N) is 6. The van der Waals surface area contributed by atoms with E-state index >= 15 is 0 Å². The van der Waals surface area contributed by atoms with Crippen LogP contribution in [-0.2, 0) is 17.8 Å². The number of rotatable bonds is 9. The highest BCUT2D eigenvalue weighted by atomic mass is 32.2. The topological polar surface area (TPSA) is 109 Å². The minimum Gasteiger partial charge on any atom is -0.358 e. The lowest BCUT2D eigenvalue weighted by Gasteiger charge is -2.38. The van der Waals surface area contributed by atoms with Crippen LogP contribution in [0.1, 0.15) is 82.2 Å². The van der Waals surface area contributed by atoms with Gasteiger partial charge in [-0.25, -0.2) is 19.9 Å². The molecule has 1 amide bonds. The van der Waals surface area contributed by atoms with Crippen LogP contribution in [0.2, 0.25) is 0 Å². The molecule has 2 aliphatic carbocycles. The molecule has 4 heterocycles. The number of amides is 1. The molecule has 0 bridgehead atoms. The highest BCUT2D eigenvalue weighted by molar-refractivity contribution is 7.98. The monoisotopic (exact) mass is 560 g/mol. The van der Waals surface area contributed by atoms with E-state index in [1.165, 1.54) is 0 Å². The summed E-state index contributed by atoms with van der Waals surface area (Å²) in [6.07, 6.45) is 10.4. The SMILES string of the molecule is CC.CCc1nc(C)c(-c2ncc3c(n2)N(C(C)C2CC2)C(=O)C(NCc2ccc(SC)cn2)N3)c(C2CC2)n1. The number of carbonyl (C=O) groups is 1. The summed E-state index contributed by atoms with van der Waals surface area (Å²) >= 11 is 1.66. The van der Waals surface area contributed by atoms with Gasteiger partial charge >= 0.3 is 0 Å². The first-order valence-electron chi connectivity index (χ1n) is 14.5. The van der Waals surface area contributed by atoms with Crippen molar-refractivity contribution in [1.82, 2.24) is 30.2 Å². The second-order valence-electron chi connectivity index (χ2n) is 10.5. The maximum Gasteiger partial charge on any atom is 0.266 e. The van der Waals surface area contributed by atoms with E-state index in [0.29, 0.717) is 30.0 Å². The van der Waals surface area contributed by atoms with Gasteiger partial charge in [0.1, 0.15) is 5.82 Å². The molecule has 2 unspecified atom stereocenters. The predicted octanol–water partition coefficient (Wildman–Crippen LogP) is 5.50. The molecule has 3 aliphatic rings. The molecular weight excluding hydrogens is 520 g/mol. The minimum absolute atomic E-state index is 0.0287. The Morgan fingerprint density at radius 1 is 1.10 bits per heavy atom. The number of pyridine rings is 1. The molecule has 9 nitrogen and oxygen atoms in total. The minimum atomic E-state index is -0.587. The van der Waals surface area contributed by atoms with Gasteiger partial charge < -0.3 is 5.32 Å². The molecule has 0 saturated heterocycles. The fourth-order valence-electron chi connectivity index (χ4n) is 5.15. The first-order chi connectivity index (χ1) is 19.5. The number of anilines is 2. The van der Waals surface area contributed by atoms with Gasteiger partial charge in [0.05, 0.1) is 34.5 Å². The molecule has 1 aliphatic heterocycles. The molecule has 3 aromatic rings. The van der Waals surface area contributed by atoms with E-state index in [1.807, 2.05) is 50.3 Å². The maximum absolute atomic E-state index is 13.9. The fraction of sp³-hybridized carbons (Fsp3) is 0.533. The molecule has 3 aromatic heterocycles. The number of fused-ring (bicyclic) bond motifs is 1. The zero-order valence-electron chi connectivity index (χ0n) is 24.4. The summed E-state index contributed by atoms with van der Waals surface area (Å²) in [5, 5.41) is 6.72. The molecule has 2 atom stereocenters. The number of carbonyl (C=O) groups excluding carboxylic acids is 1. The van der Waals surface area contributed by atoms with Crippen LogP contribution in [-0.4, -0.2) is 49.3 Å². The first-order valence-corrected chi connectivity index (χ1v) is 15.8. The largest absolute Gasteiger partial charge is 0.358 e. The number of aryl methyl sites for hydroxylation is 2. The van der Waals surface area contributed by atoms with E-state index in [0.717, 1.165) is 71.2 Å². The first kappa shape index (κ1) is 28.4. The van der Waals surface area contributed by atoms with E-state index in [-0.39, 0.29) is 11.9 Å². The highest BCUT2D eigenvalue weighted by Crippen LogP contribution is 2.45. The maximum atomic E-state index is 13.9. The van der Waals surface area contributed by atoms with E-state index in [9.17, 15) is 4.79 Å². The average Bonchev–Trinajstić information content (AvgIpc) is 3.90. The van der Waals surface area contributed by atoms with E-state index in [2.05, 4.69) is 29.5 Å². The molecule has 10 heteroatoms. The lowest BCUT2D eigenvalue weighted by Crippen LogP contribution is -2.57. The summed E-state index contributed by atoms with van der Waals surface area (Å²) in [5.41, 5.74) is 4.50. The molecule has 0 aromatic carbocycles. The third-order valence-electron chi connectivity index (χ3n) is 7.68. The zero-order chi connectivity index (χ0) is 28.4. The van der Waals surface area contributed by atoms with Crippen molar-refractivity contribution < 1.29 is 4.79 Å². The van der Waals surface area contributed by atoms with Crippen molar-refractivity contribution in [3.8, 4) is 11.4 Å². The number of hydrogen-bond donors (Lipinski definition) is 2. The van der Waals surface area contributed by atoms with Crippen LogP contribution < -0.4 is 15.5 Å². The van der Waals surface area contributed by atoms with Crippen LogP contribution in [0.5, 0.6) is 0 Å². The summed E-state index contributed by atoms with van der Waals surface area (Å²) in [4.78, 5) is 40.8. The molecule has 2 N–H and O–H groups in total. The second kappa shape index (κ2) is 12.2. The van der Waals surface area contributed by atoms with Crippen molar-refractivity contribution in [3.05, 3.63) is 47.4 Å². The summed E-state index contributed by atoms with van der Waals surface area (Å²) in [6.45, 7) is 10.7. The van der Waals surface area contributed by atoms with E-state index in [4.69, 9.17) is 19.9 Å². The van der Waals surface area contributed by atoms with Gasteiger partial charge in [-0.15, -0.1) is 11.8 Å². The second-order valence-corrected chi connectivity index (χ2v) is 11.4. The number of thioether (sulfide) groups is 1. The Morgan fingerprint density at radius 2 is 1.88 bits per heavy atom. The highest BCUT2D eigenvalue weighted by Gasteiger charge is 2.42. The van der Waals surface area contributed by atoms with Crippen LogP contribution in [0.15, 0.2) is 29.4 Å². The van der Waals surface area contributed by atoms with Gasteiger partial charge in [0.15, 0.2) is 17.8 Å². The van der Waals surface area contributed by atoms with Gasteiger partial charge in [-0.2, -0.15) is 0 Å². The third kappa shape index (κ3) is 5.83. The molecule has 0 spiro atoms. The molecule has 0 radical (unpaired) electrons. The molecule has 6 rings (SSSR count). The number of nitrogens with one attached hydrogen (secondary N) is 2. The van der Waals surface area contributed by atoms with Gasteiger partial charge in [0.2, 0.25) is 0 Å². The smallest absolute Gasteiger partial charge is 0.266 e. The molecule has 212 valence electrons. The zero-order valence-corrected chi connectivity index (χ0v) is 25.2. The van der Waals surface area contributed by atoms with Crippen LogP contribution >= 0.6 is 11.8 Å². The normalized spacial score (nSPS) is 18.9. The van der Waals surface area contributed by atoms with Gasteiger partial charge in [-0.3, -0.25) is 20.0 Å². The number of aromatic nitrogens is 5. The van der Waals surface area contributed by atoms with Gasteiger partial charge in [0.25, 0.3) is 5.91 Å². The van der Waals surface area contributed by atoms with Crippen LogP contribution in [0, 0.1) is 12.8 Å². The Morgan fingerprint density at radius 3 is 2.50 bits per heavy atom. The Kier molecular flexibility index (Phi) is 8.65. The van der Waals surface area contributed by atoms with Crippen molar-refractivity contribution in [2.24, 2.45) is 5.92 Å². The van der Waals surface area contributed by atoms with Crippen LogP contribution in [0.3, 0.4) is 0 Å². The van der Waals surface area contributed by atoms with Crippen LogP contribution in [0.4, 0.5) is 11.5 Å². The molecule has 2 saturated carbocycles. The van der Waals surface area contributed by atoms with Crippen molar-refractivity contribution >= 4 is 29.2 Å². The Hall–Kier alpha value is -3.11. The summed E-state index contributed by atoms with van der Waals surface area (Å²) < 4.78 is 0. The standard InChI is InChI=1S/C28H34N8OS.C2H6/c1-5-22-32-15(2)23(24(34-22)18-8-9-18)25-31-14-21-27(35-25)36(16(3)17-6-7-17)28(37)26(33-21)30-12-19-10-11-20(38-4)13-29-19;1-2/h10-11,13-14,16-18,26,30,33H,5-9,12H2,1-4H3;1-2H3. The lowest BCUT2D eigenvalue weighted by molar-refractivity contribution is -0.120. The quantitative estimate of drug-likeness (QED) is 0.328. The summed E-state index contributed by atoms with van der Waals surface area (Å²) in [5.74, 6) is 2.99. The van der Waals surface area contributed by atoms with Gasteiger partial charge in [0, 0.05) is 36.0 Å². The fourth-order valence-corrected chi connectivity index (χ4v) is 5.51. The van der Waals surface area contributed by atoms with Crippen molar-refractivity contribution in [3.63, 3.8) is 0 Å². The van der Waals surface area contributed by atoms with Crippen LogP contribution in [0.25, 0.3) is 11.4 Å². The van der Waals surface area contributed by atoms with Crippen molar-refractivity contribution in [2.75, 3.05) is 16.5 Å². The lowest BCUT2D eigenvalue weighted by atomic mass is 10.1. The third-order valence-corrected chi connectivity index (χ3v) is 8.39. The van der Waals surface area contributed by atoms with Gasteiger partial charge in [-0.1, -0.05) is 20.8 Å². The predicted molar refractivity (Wildman–Crippen MR) is 160 cm³/mol. The molecular formula is C30H40N8OS. The Bertz CT molecular complexity index is 1360. The van der Waals surface area contributed by atoms with E-state index in [1.54, 1.807) is 18.0 Å². The Labute approximate surface area is 241 Å². The average molecular weight is 561 g/mol. The van der Waals surface area contributed by atoms with Crippen molar-refractivity contribution in [1.29, 1.82) is 0 Å². The summed E-state index contributed by atoms with van der Waals surface area (Å²) in [7, 11) is 0. The van der Waals surface area contributed by atoms with E-state index < -0.39 is 6.17 Å². The number of hydrogen-bond acceptors (Lipinski definition) is 9. The van der Waals surface area contributed by atoms with Crippen molar-refractivity contribution in [2.45, 2.75) is 96.3 Å². The van der Waals surface area contributed by atoms with Gasteiger partial charge in [-0.05, 0) is 63.8 Å². The molecule has 40 heavy (non-hydrogen) atoms. The molecule has 2 fully saturated rings. The summed E-state index contributed by atoms with van der Waals surface area (Å²) in [6, 6.07) is 4.09.